The Bertz CT molecular complexity index is 1110. The monoisotopic (exact) mass is 364 g/mol. The number of hydrogen-bond donors (Lipinski definition) is 0. The van der Waals surface area contributed by atoms with Crippen LogP contribution in [0.3, 0.4) is 0 Å². The van der Waals surface area contributed by atoms with Gasteiger partial charge in [-0.1, -0.05) is 16.8 Å². The highest BCUT2D eigenvalue weighted by Crippen LogP contribution is 2.24. The SMILES string of the molecule is O=c1c2cc(Oc3ccc(Cl)cc3)ccc2nnn1Cc1ccncc1. The van der Waals surface area contributed by atoms with E-state index in [0.717, 1.165) is 5.56 Å². The van der Waals surface area contributed by atoms with Crippen molar-refractivity contribution < 1.29 is 4.74 Å². The van der Waals surface area contributed by atoms with Crippen molar-refractivity contribution in [1.82, 2.24) is 20.0 Å². The Hall–Kier alpha value is -3.25. The molecule has 2 heterocycles. The summed E-state index contributed by atoms with van der Waals surface area (Å²) in [6, 6.07) is 15.8. The van der Waals surface area contributed by atoms with Gasteiger partial charge < -0.3 is 4.74 Å². The number of pyridine rings is 1. The van der Waals surface area contributed by atoms with E-state index in [0.29, 0.717) is 34.0 Å². The molecule has 128 valence electrons. The molecule has 0 saturated heterocycles. The summed E-state index contributed by atoms with van der Waals surface area (Å²) in [5.41, 5.74) is 1.21. The standard InChI is InChI=1S/C19H13ClN4O2/c20-14-1-3-15(4-2-14)26-16-5-6-18-17(11-16)19(25)24(23-22-18)12-13-7-9-21-10-8-13/h1-11H,12H2. The van der Waals surface area contributed by atoms with Crippen LogP contribution in [0.15, 0.2) is 71.8 Å². The molecule has 0 atom stereocenters. The topological polar surface area (TPSA) is 69.9 Å². The number of nitrogens with zero attached hydrogens (tertiary/aromatic N) is 4. The number of benzene rings is 2. The fraction of sp³-hybridized carbons (Fsp3) is 0.0526. The molecule has 0 radical (unpaired) electrons. The molecule has 0 aliphatic rings. The van der Waals surface area contributed by atoms with E-state index >= 15 is 0 Å². The minimum Gasteiger partial charge on any atom is -0.457 e. The van der Waals surface area contributed by atoms with Gasteiger partial charge in [0.05, 0.1) is 11.9 Å². The van der Waals surface area contributed by atoms with Gasteiger partial charge in [0.2, 0.25) is 0 Å². The maximum atomic E-state index is 12.8. The average Bonchev–Trinajstić information content (AvgIpc) is 2.67. The fourth-order valence-corrected chi connectivity index (χ4v) is 2.65. The minimum absolute atomic E-state index is 0.228. The summed E-state index contributed by atoms with van der Waals surface area (Å²) in [4.78, 5) is 16.7. The van der Waals surface area contributed by atoms with Crippen LogP contribution in [0, 0.1) is 0 Å². The third-order valence-electron chi connectivity index (χ3n) is 3.82. The van der Waals surface area contributed by atoms with Gasteiger partial charge in [0, 0.05) is 17.4 Å². The summed E-state index contributed by atoms with van der Waals surface area (Å²) >= 11 is 5.88. The molecule has 0 saturated carbocycles. The highest BCUT2D eigenvalue weighted by atomic mass is 35.5. The van der Waals surface area contributed by atoms with Gasteiger partial charge in [0.15, 0.2) is 0 Å². The lowest BCUT2D eigenvalue weighted by Gasteiger charge is -2.08. The first kappa shape index (κ1) is 16.2. The first-order chi connectivity index (χ1) is 12.7. The number of rotatable bonds is 4. The van der Waals surface area contributed by atoms with Crippen LogP contribution in [0.1, 0.15) is 5.56 Å². The number of fused-ring (bicyclic) bond motifs is 1. The van der Waals surface area contributed by atoms with E-state index in [1.807, 2.05) is 12.1 Å². The molecule has 26 heavy (non-hydrogen) atoms. The second kappa shape index (κ2) is 6.93. The van der Waals surface area contributed by atoms with E-state index in [-0.39, 0.29) is 5.56 Å². The van der Waals surface area contributed by atoms with Gasteiger partial charge in [-0.2, -0.15) is 0 Å². The smallest absolute Gasteiger partial charge is 0.278 e. The van der Waals surface area contributed by atoms with Crippen LogP contribution in [0.5, 0.6) is 11.5 Å². The predicted molar refractivity (Wildman–Crippen MR) is 98.7 cm³/mol. The first-order valence-electron chi connectivity index (χ1n) is 7.89. The van der Waals surface area contributed by atoms with Gasteiger partial charge in [-0.05, 0) is 60.2 Å². The van der Waals surface area contributed by atoms with Gasteiger partial charge in [0.1, 0.15) is 17.0 Å². The third-order valence-corrected chi connectivity index (χ3v) is 4.08. The normalized spacial score (nSPS) is 10.8. The van der Waals surface area contributed by atoms with E-state index in [1.165, 1.54) is 4.68 Å². The molecular formula is C19H13ClN4O2. The summed E-state index contributed by atoms with van der Waals surface area (Å²) in [6.45, 7) is 0.326. The van der Waals surface area contributed by atoms with Crippen molar-refractivity contribution in [2.75, 3.05) is 0 Å². The summed E-state index contributed by atoms with van der Waals surface area (Å²) in [6.07, 6.45) is 3.35. The molecule has 0 aliphatic carbocycles. The molecule has 0 amide bonds. The quantitative estimate of drug-likeness (QED) is 0.552. The van der Waals surface area contributed by atoms with Crippen LogP contribution in [0.25, 0.3) is 10.9 Å². The zero-order chi connectivity index (χ0) is 17.9. The second-order valence-electron chi connectivity index (χ2n) is 5.64. The molecule has 0 spiro atoms. The maximum absolute atomic E-state index is 12.8. The number of hydrogen-bond acceptors (Lipinski definition) is 5. The van der Waals surface area contributed by atoms with Crippen molar-refractivity contribution in [3.63, 3.8) is 0 Å². The van der Waals surface area contributed by atoms with Gasteiger partial charge in [-0.25, -0.2) is 4.68 Å². The minimum atomic E-state index is -0.228. The zero-order valence-electron chi connectivity index (χ0n) is 13.5. The molecule has 6 nitrogen and oxygen atoms in total. The van der Waals surface area contributed by atoms with Crippen molar-refractivity contribution in [2.45, 2.75) is 6.54 Å². The second-order valence-corrected chi connectivity index (χ2v) is 6.08. The Morgan fingerprint density at radius 3 is 2.46 bits per heavy atom. The lowest BCUT2D eigenvalue weighted by Crippen LogP contribution is -2.24. The number of halogens is 1. The molecule has 0 unspecified atom stereocenters. The Morgan fingerprint density at radius 2 is 1.69 bits per heavy atom. The highest BCUT2D eigenvalue weighted by molar-refractivity contribution is 6.30. The van der Waals surface area contributed by atoms with E-state index in [1.54, 1.807) is 54.9 Å². The zero-order valence-corrected chi connectivity index (χ0v) is 14.3. The van der Waals surface area contributed by atoms with Gasteiger partial charge in [0.25, 0.3) is 5.56 Å². The fourth-order valence-electron chi connectivity index (χ4n) is 2.52. The van der Waals surface area contributed by atoms with Crippen molar-refractivity contribution in [1.29, 1.82) is 0 Å². The van der Waals surface area contributed by atoms with Gasteiger partial charge in [-0.15, -0.1) is 5.10 Å². The Morgan fingerprint density at radius 1 is 0.962 bits per heavy atom. The van der Waals surface area contributed by atoms with Crippen LogP contribution in [-0.4, -0.2) is 20.0 Å². The van der Waals surface area contributed by atoms with E-state index in [9.17, 15) is 4.79 Å². The molecule has 0 fully saturated rings. The summed E-state index contributed by atoms with van der Waals surface area (Å²) in [5, 5.41) is 9.20. The predicted octanol–water partition coefficient (Wildman–Crippen LogP) is 3.68. The van der Waals surface area contributed by atoms with Crippen molar-refractivity contribution in [3.8, 4) is 11.5 Å². The molecule has 0 aliphatic heterocycles. The molecule has 4 aromatic rings. The lowest BCUT2D eigenvalue weighted by molar-refractivity contribution is 0.483. The first-order valence-corrected chi connectivity index (χ1v) is 8.27. The number of aromatic nitrogens is 4. The Labute approximate surface area is 153 Å². The molecule has 0 N–H and O–H groups in total. The van der Waals surface area contributed by atoms with E-state index in [4.69, 9.17) is 16.3 Å². The molecule has 0 bridgehead atoms. The summed E-state index contributed by atoms with van der Waals surface area (Å²) in [7, 11) is 0. The van der Waals surface area contributed by atoms with Crippen LogP contribution >= 0.6 is 11.6 Å². The molecular weight excluding hydrogens is 352 g/mol. The summed E-state index contributed by atoms with van der Waals surface area (Å²) < 4.78 is 7.11. The molecule has 7 heteroatoms. The van der Waals surface area contributed by atoms with E-state index in [2.05, 4.69) is 15.3 Å². The largest absolute Gasteiger partial charge is 0.457 e. The lowest BCUT2D eigenvalue weighted by atomic mass is 10.2. The Kier molecular flexibility index (Phi) is 4.33. The van der Waals surface area contributed by atoms with Crippen LogP contribution in [-0.2, 0) is 6.54 Å². The van der Waals surface area contributed by atoms with Crippen LogP contribution < -0.4 is 10.3 Å². The highest BCUT2D eigenvalue weighted by Gasteiger charge is 2.08. The van der Waals surface area contributed by atoms with E-state index < -0.39 is 0 Å². The molecule has 2 aromatic carbocycles. The van der Waals surface area contributed by atoms with Crippen LogP contribution in [0.2, 0.25) is 5.02 Å². The summed E-state index contributed by atoms with van der Waals surface area (Å²) in [5.74, 6) is 1.17. The van der Waals surface area contributed by atoms with Crippen LogP contribution in [0.4, 0.5) is 0 Å². The van der Waals surface area contributed by atoms with Crippen molar-refractivity contribution in [3.05, 3.63) is 87.9 Å². The Balaban J connectivity index is 1.68. The van der Waals surface area contributed by atoms with Gasteiger partial charge in [-0.3, -0.25) is 9.78 Å². The number of ether oxygens (including phenoxy) is 1. The maximum Gasteiger partial charge on any atom is 0.278 e. The molecule has 2 aromatic heterocycles. The molecule has 4 rings (SSSR count). The average molecular weight is 365 g/mol. The van der Waals surface area contributed by atoms with Crippen molar-refractivity contribution >= 4 is 22.5 Å². The third kappa shape index (κ3) is 3.41. The van der Waals surface area contributed by atoms with Gasteiger partial charge >= 0.3 is 0 Å². The van der Waals surface area contributed by atoms with Crippen molar-refractivity contribution in [2.24, 2.45) is 0 Å².